The Morgan fingerprint density at radius 3 is 3.05 bits per heavy atom. The van der Waals surface area contributed by atoms with Crippen LogP contribution in [0.25, 0.3) is 0 Å². The largest absolute Gasteiger partial charge is 0.465 e. The van der Waals surface area contributed by atoms with Crippen molar-refractivity contribution in [2.45, 2.75) is 30.2 Å². The lowest BCUT2D eigenvalue weighted by Gasteiger charge is -2.11. The molecule has 1 fully saturated rings. The van der Waals surface area contributed by atoms with E-state index in [0.29, 0.717) is 12.6 Å². The molecule has 0 aliphatic carbocycles. The van der Waals surface area contributed by atoms with Crippen molar-refractivity contribution in [3.8, 4) is 0 Å². The Kier molecular flexibility index (Phi) is 5.14. The van der Waals surface area contributed by atoms with Crippen LogP contribution in [0.4, 0.5) is 0 Å². The molecule has 2 heterocycles. The second-order valence-corrected chi connectivity index (χ2v) is 7.24. The first-order chi connectivity index (χ1) is 9.54. The van der Waals surface area contributed by atoms with Gasteiger partial charge in [-0.25, -0.2) is 17.9 Å². The van der Waals surface area contributed by atoms with Crippen LogP contribution in [0.5, 0.6) is 0 Å². The SMILES string of the molecule is COC(=O)c1sccc1S(=O)(=O)NCCC1CCCN1. The summed E-state index contributed by atoms with van der Waals surface area (Å²) in [5, 5.41) is 4.88. The second-order valence-electron chi connectivity index (χ2n) is 4.59. The first-order valence-electron chi connectivity index (χ1n) is 6.43. The summed E-state index contributed by atoms with van der Waals surface area (Å²) in [5.41, 5.74) is 0. The van der Waals surface area contributed by atoms with Gasteiger partial charge in [0.1, 0.15) is 9.77 Å². The third-order valence-corrected chi connectivity index (χ3v) is 5.76. The topological polar surface area (TPSA) is 84.5 Å². The summed E-state index contributed by atoms with van der Waals surface area (Å²) in [7, 11) is -2.43. The number of rotatable bonds is 6. The minimum absolute atomic E-state index is 0.00580. The highest BCUT2D eigenvalue weighted by Gasteiger charge is 2.24. The van der Waals surface area contributed by atoms with Crippen molar-refractivity contribution in [2.75, 3.05) is 20.2 Å². The number of thiophene rings is 1. The maximum Gasteiger partial charge on any atom is 0.349 e. The number of nitrogens with one attached hydrogen (secondary N) is 2. The average Bonchev–Trinajstić information content (AvgIpc) is 3.08. The maximum atomic E-state index is 12.2. The lowest BCUT2D eigenvalue weighted by molar-refractivity contribution is 0.0602. The fourth-order valence-corrected chi connectivity index (χ4v) is 4.58. The van der Waals surface area contributed by atoms with E-state index in [1.165, 1.54) is 13.2 Å². The number of carbonyl (C=O) groups is 1. The van der Waals surface area contributed by atoms with Crippen molar-refractivity contribution in [3.63, 3.8) is 0 Å². The Balaban J connectivity index is 1.99. The fourth-order valence-electron chi connectivity index (χ4n) is 2.20. The van der Waals surface area contributed by atoms with Gasteiger partial charge in [-0.1, -0.05) is 0 Å². The molecule has 20 heavy (non-hydrogen) atoms. The zero-order chi connectivity index (χ0) is 14.6. The summed E-state index contributed by atoms with van der Waals surface area (Å²) in [6, 6.07) is 1.80. The summed E-state index contributed by atoms with van der Waals surface area (Å²) in [5.74, 6) is -0.627. The van der Waals surface area contributed by atoms with Crippen LogP contribution in [0, 0.1) is 0 Å². The number of methoxy groups -OCH3 is 1. The van der Waals surface area contributed by atoms with E-state index in [1.807, 2.05) is 0 Å². The second kappa shape index (κ2) is 6.66. The standard InChI is InChI=1S/C12H18N2O4S2/c1-18-12(15)11-10(5-8-19-11)20(16,17)14-7-4-9-3-2-6-13-9/h5,8-9,13-14H,2-4,6-7H2,1H3. The number of hydrogen-bond donors (Lipinski definition) is 2. The lowest BCUT2D eigenvalue weighted by Crippen LogP contribution is -2.31. The van der Waals surface area contributed by atoms with Gasteiger partial charge in [0.25, 0.3) is 0 Å². The highest BCUT2D eigenvalue weighted by Crippen LogP contribution is 2.22. The van der Waals surface area contributed by atoms with Gasteiger partial charge in [-0.2, -0.15) is 0 Å². The number of ether oxygens (including phenoxy) is 1. The summed E-state index contributed by atoms with van der Waals surface area (Å²) in [6.45, 7) is 1.35. The van der Waals surface area contributed by atoms with Gasteiger partial charge in [-0.15, -0.1) is 11.3 Å². The van der Waals surface area contributed by atoms with E-state index in [1.54, 1.807) is 5.38 Å². The smallest absolute Gasteiger partial charge is 0.349 e. The van der Waals surface area contributed by atoms with Crippen molar-refractivity contribution in [3.05, 3.63) is 16.3 Å². The van der Waals surface area contributed by atoms with Gasteiger partial charge in [0, 0.05) is 12.6 Å². The quantitative estimate of drug-likeness (QED) is 0.763. The Labute approximate surface area is 122 Å². The highest BCUT2D eigenvalue weighted by molar-refractivity contribution is 7.89. The van der Waals surface area contributed by atoms with Crippen molar-refractivity contribution in [1.29, 1.82) is 0 Å². The van der Waals surface area contributed by atoms with E-state index in [4.69, 9.17) is 0 Å². The lowest BCUT2D eigenvalue weighted by atomic mass is 10.2. The molecule has 0 spiro atoms. The van der Waals surface area contributed by atoms with Crippen LogP contribution < -0.4 is 10.0 Å². The number of esters is 1. The Bertz CT molecular complexity index is 562. The Morgan fingerprint density at radius 2 is 2.40 bits per heavy atom. The summed E-state index contributed by atoms with van der Waals surface area (Å²) >= 11 is 1.06. The van der Waals surface area contributed by atoms with Crippen molar-refractivity contribution < 1.29 is 17.9 Å². The van der Waals surface area contributed by atoms with Crippen LogP contribution in [0.15, 0.2) is 16.3 Å². The molecule has 0 amide bonds. The number of hydrogen-bond acceptors (Lipinski definition) is 6. The predicted octanol–water partition coefficient (Wildman–Crippen LogP) is 0.955. The molecule has 1 aliphatic heterocycles. The van der Waals surface area contributed by atoms with E-state index in [9.17, 15) is 13.2 Å². The van der Waals surface area contributed by atoms with Crippen LogP contribution in [0.1, 0.15) is 28.9 Å². The van der Waals surface area contributed by atoms with E-state index in [0.717, 1.165) is 37.1 Å². The first kappa shape index (κ1) is 15.4. The van der Waals surface area contributed by atoms with Crippen molar-refractivity contribution in [2.24, 2.45) is 0 Å². The van der Waals surface area contributed by atoms with E-state index >= 15 is 0 Å². The van der Waals surface area contributed by atoms with Crippen molar-refractivity contribution in [1.82, 2.24) is 10.0 Å². The molecule has 2 rings (SSSR count). The van der Waals surface area contributed by atoms with E-state index in [-0.39, 0.29) is 9.77 Å². The molecule has 1 aromatic rings. The van der Waals surface area contributed by atoms with Crippen LogP contribution >= 0.6 is 11.3 Å². The van der Waals surface area contributed by atoms with Crippen LogP contribution in [0.2, 0.25) is 0 Å². The van der Waals surface area contributed by atoms with Gasteiger partial charge in [-0.05, 0) is 37.3 Å². The first-order valence-corrected chi connectivity index (χ1v) is 8.80. The number of carbonyl (C=O) groups excluding carboxylic acids is 1. The third-order valence-electron chi connectivity index (χ3n) is 3.24. The van der Waals surface area contributed by atoms with Gasteiger partial charge in [-0.3, -0.25) is 0 Å². The molecule has 1 saturated heterocycles. The molecule has 8 heteroatoms. The molecule has 1 atom stereocenters. The molecule has 112 valence electrons. The van der Waals surface area contributed by atoms with Gasteiger partial charge >= 0.3 is 5.97 Å². The van der Waals surface area contributed by atoms with E-state index < -0.39 is 16.0 Å². The zero-order valence-electron chi connectivity index (χ0n) is 11.2. The molecule has 0 bridgehead atoms. The predicted molar refractivity (Wildman–Crippen MR) is 76.5 cm³/mol. The van der Waals surface area contributed by atoms with Crippen LogP contribution in [0.3, 0.4) is 0 Å². The summed E-state index contributed by atoms with van der Waals surface area (Å²) in [4.78, 5) is 11.6. The highest BCUT2D eigenvalue weighted by atomic mass is 32.2. The van der Waals surface area contributed by atoms with E-state index in [2.05, 4.69) is 14.8 Å². The van der Waals surface area contributed by atoms with Crippen LogP contribution in [-0.4, -0.2) is 40.6 Å². The van der Waals surface area contributed by atoms with Crippen LogP contribution in [-0.2, 0) is 14.8 Å². The zero-order valence-corrected chi connectivity index (χ0v) is 12.9. The molecule has 1 aromatic heterocycles. The molecule has 1 unspecified atom stereocenters. The Morgan fingerprint density at radius 1 is 1.60 bits per heavy atom. The molecule has 1 aliphatic rings. The fraction of sp³-hybridized carbons (Fsp3) is 0.583. The minimum Gasteiger partial charge on any atom is -0.465 e. The molecule has 2 N–H and O–H groups in total. The molecular formula is C12H18N2O4S2. The van der Waals surface area contributed by atoms with Gasteiger partial charge in [0.2, 0.25) is 10.0 Å². The molecule has 0 aromatic carbocycles. The van der Waals surface area contributed by atoms with Gasteiger partial charge in [0.15, 0.2) is 0 Å². The molecular weight excluding hydrogens is 300 g/mol. The van der Waals surface area contributed by atoms with Crippen molar-refractivity contribution >= 4 is 27.3 Å². The normalized spacial score (nSPS) is 19.1. The molecule has 0 saturated carbocycles. The minimum atomic E-state index is -3.66. The maximum absolute atomic E-state index is 12.2. The Hall–Kier alpha value is -0.960. The van der Waals surface area contributed by atoms with Gasteiger partial charge in [0.05, 0.1) is 7.11 Å². The van der Waals surface area contributed by atoms with Gasteiger partial charge < -0.3 is 10.1 Å². The molecule has 0 radical (unpaired) electrons. The monoisotopic (exact) mass is 318 g/mol. The summed E-state index contributed by atoms with van der Waals surface area (Å²) < 4.78 is 31.5. The molecule has 6 nitrogen and oxygen atoms in total. The number of sulfonamides is 1. The average molecular weight is 318 g/mol. The third kappa shape index (κ3) is 3.57. The summed E-state index contributed by atoms with van der Waals surface area (Å²) in [6.07, 6.45) is 2.96.